The lowest BCUT2D eigenvalue weighted by atomic mass is 10.0. The van der Waals surface area contributed by atoms with Crippen molar-refractivity contribution >= 4 is 22.0 Å². The summed E-state index contributed by atoms with van der Waals surface area (Å²) >= 11 is 0. The predicted molar refractivity (Wildman–Crippen MR) is 91.1 cm³/mol. The van der Waals surface area contributed by atoms with Gasteiger partial charge in [0.05, 0.1) is 0 Å². The van der Waals surface area contributed by atoms with Crippen LogP contribution >= 0.6 is 0 Å². The summed E-state index contributed by atoms with van der Waals surface area (Å²) in [5.74, 6) is -18.1. The van der Waals surface area contributed by atoms with E-state index in [2.05, 4.69) is 4.74 Å². The maximum atomic E-state index is 14.4. The lowest BCUT2D eigenvalue weighted by Crippen LogP contribution is -2.67. The van der Waals surface area contributed by atoms with Crippen molar-refractivity contribution in [1.29, 1.82) is 0 Å². The molecule has 33 heavy (non-hydrogen) atoms. The van der Waals surface area contributed by atoms with E-state index in [0.29, 0.717) is 0 Å². The summed E-state index contributed by atoms with van der Waals surface area (Å²) in [5.41, 5.74) is -0.981. The molecule has 1 atom stereocenters. The molecule has 18 heteroatoms. The molecule has 0 aromatic heterocycles. The highest BCUT2D eigenvalue weighted by Gasteiger charge is 2.86. The molecule has 0 aliphatic rings. The van der Waals surface area contributed by atoms with Crippen LogP contribution in [0.2, 0.25) is 0 Å². The number of carbonyl (C=O) groups is 2. The van der Waals surface area contributed by atoms with E-state index in [1.54, 1.807) is 0 Å². The molecule has 0 radical (unpaired) electrons. The third-order valence-corrected chi connectivity index (χ3v) is 5.49. The van der Waals surface area contributed by atoms with Gasteiger partial charge in [0.25, 0.3) is 5.91 Å². The van der Waals surface area contributed by atoms with Gasteiger partial charge in [-0.1, -0.05) is 13.8 Å². The van der Waals surface area contributed by atoms with Crippen LogP contribution in [0.1, 0.15) is 41.0 Å². The highest BCUT2D eigenvalue weighted by molar-refractivity contribution is 7.90. The first-order chi connectivity index (χ1) is 14.3. The highest BCUT2D eigenvalue weighted by Crippen LogP contribution is 2.55. The van der Waals surface area contributed by atoms with Crippen LogP contribution in [0.25, 0.3) is 0 Å². The van der Waals surface area contributed by atoms with E-state index in [4.69, 9.17) is 5.21 Å². The zero-order chi connectivity index (χ0) is 27.0. The Hall–Kier alpha value is -1.98. The van der Waals surface area contributed by atoms with Crippen molar-refractivity contribution < 1.29 is 67.5 Å². The average molecular weight is 528 g/mol. The molecule has 0 spiro atoms. The van der Waals surface area contributed by atoms with Crippen LogP contribution in [-0.2, 0) is 19.6 Å². The molecule has 2 N–H and O–H groups in total. The first kappa shape index (κ1) is 31.0. The van der Waals surface area contributed by atoms with Crippen molar-refractivity contribution in [2.75, 3.05) is 0 Å². The maximum Gasteiger partial charge on any atom is 0.460 e. The zero-order valence-corrected chi connectivity index (χ0v) is 18.4. The van der Waals surface area contributed by atoms with Crippen LogP contribution in [-0.4, -0.2) is 64.8 Å². The van der Waals surface area contributed by atoms with E-state index in [9.17, 15) is 57.5 Å². The molecule has 0 heterocycles. The van der Waals surface area contributed by atoms with Crippen LogP contribution in [0.15, 0.2) is 0 Å². The number of alkyl halides is 9. The van der Waals surface area contributed by atoms with Gasteiger partial charge in [0.15, 0.2) is 0 Å². The van der Waals surface area contributed by atoms with Gasteiger partial charge in [-0.15, -0.1) is 0 Å². The Labute approximate surface area is 182 Å². The summed E-state index contributed by atoms with van der Waals surface area (Å²) in [6.07, 6.45) is -10.8. The Bertz CT molecular complexity index is 838. The summed E-state index contributed by atoms with van der Waals surface area (Å²) in [4.78, 5) is 24.2. The number of sulfonamides is 1. The molecular formula is C15H21F9N2O6S. The van der Waals surface area contributed by atoms with Gasteiger partial charge in [0.1, 0.15) is 11.6 Å². The smallest absolute Gasteiger partial charge is 0.443 e. The normalized spacial score (nSPS) is 15.3. The summed E-state index contributed by atoms with van der Waals surface area (Å²) in [7, 11) is -7.55. The van der Waals surface area contributed by atoms with Crippen molar-refractivity contribution in [3.63, 3.8) is 0 Å². The molecule has 8 nitrogen and oxygen atoms in total. The summed E-state index contributed by atoms with van der Waals surface area (Å²) in [5, 5.41) is 1.46. The number of hydrogen-bond acceptors (Lipinski definition) is 6. The largest absolute Gasteiger partial charge is 0.460 e. The van der Waals surface area contributed by atoms with Crippen molar-refractivity contribution in [3.05, 3.63) is 0 Å². The van der Waals surface area contributed by atoms with Crippen LogP contribution in [0.3, 0.4) is 0 Å². The monoisotopic (exact) mass is 528 g/mol. The number of ether oxygens (including phenoxy) is 1. The standard InChI is InChI=1S/C15H21F9N2O6S/c1-7(2)6-8(9(27)25-29)26(10(28)32-11(3,4)5)33(30,31)15(23,24)13(18,19)12(16,17)14(20,21)22/h7-8,29H,6H2,1-5H3,(H,25,27). The third-order valence-electron chi connectivity index (χ3n) is 3.66. The number of carbonyl (C=O) groups excluding carboxylic acids is 2. The van der Waals surface area contributed by atoms with Gasteiger partial charge < -0.3 is 4.74 Å². The fraction of sp³-hybridized carbons (Fsp3) is 0.867. The molecule has 1 unspecified atom stereocenters. The summed E-state index contributed by atoms with van der Waals surface area (Å²) in [6, 6.07) is -2.81. The first-order valence-corrected chi connectivity index (χ1v) is 10.1. The molecule has 0 aromatic rings. The predicted octanol–water partition coefficient (Wildman–Crippen LogP) is 3.90. The van der Waals surface area contributed by atoms with Crippen molar-refractivity contribution in [2.24, 2.45) is 5.92 Å². The lowest BCUT2D eigenvalue weighted by Gasteiger charge is -2.38. The summed E-state index contributed by atoms with van der Waals surface area (Å²) in [6.45, 7) is 5.45. The van der Waals surface area contributed by atoms with Gasteiger partial charge in [0.2, 0.25) is 0 Å². The zero-order valence-electron chi connectivity index (χ0n) is 17.6. The van der Waals surface area contributed by atoms with Crippen molar-refractivity contribution in [3.8, 4) is 0 Å². The van der Waals surface area contributed by atoms with E-state index in [1.807, 2.05) is 0 Å². The van der Waals surface area contributed by atoms with Crippen LogP contribution < -0.4 is 5.48 Å². The molecule has 0 aliphatic heterocycles. The van der Waals surface area contributed by atoms with Crippen molar-refractivity contribution in [1.82, 2.24) is 9.79 Å². The topological polar surface area (TPSA) is 113 Å². The number of hydrogen-bond donors (Lipinski definition) is 2. The lowest BCUT2D eigenvalue weighted by molar-refractivity contribution is -0.382. The molecule has 0 bridgehead atoms. The fourth-order valence-electron chi connectivity index (χ4n) is 2.18. The molecule has 0 fully saturated rings. The SMILES string of the molecule is CC(C)CC(C(=O)NO)N(C(=O)OC(C)(C)C)S(=O)(=O)C(F)(F)C(F)(F)C(F)(F)C(F)(F)F. The number of hydroxylamine groups is 1. The Morgan fingerprint density at radius 1 is 0.939 bits per heavy atom. The van der Waals surface area contributed by atoms with E-state index >= 15 is 0 Å². The van der Waals surface area contributed by atoms with Gasteiger partial charge >= 0.3 is 39.4 Å². The molecule has 196 valence electrons. The molecule has 0 saturated heterocycles. The van der Waals surface area contributed by atoms with E-state index in [-0.39, 0.29) is 0 Å². The van der Waals surface area contributed by atoms with Crippen molar-refractivity contribution in [2.45, 2.75) is 76.0 Å². The third kappa shape index (κ3) is 5.93. The molecule has 0 rings (SSSR count). The molecule has 0 aliphatic carbocycles. The first-order valence-electron chi connectivity index (χ1n) is 8.70. The Morgan fingerprint density at radius 3 is 1.67 bits per heavy atom. The van der Waals surface area contributed by atoms with E-state index in [1.165, 1.54) is 13.8 Å². The molecule has 0 aromatic carbocycles. The Balaban J connectivity index is 7.12. The minimum atomic E-state index is -7.66. The van der Waals surface area contributed by atoms with Crippen LogP contribution in [0, 0.1) is 5.92 Å². The highest BCUT2D eigenvalue weighted by atomic mass is 32.2. The van der Waals surface area contributed by atoms with Gasteiger partial charge in [-0.05, 0) is 33.1 Å². The number of nitrogens with zero attached hydrogens (tertiary/aromatic N) is 1. The molecule has 0 saturated carbocycles. The minimum absolute atomic E-state index is 0.772. The van der Waals surface area contributed by atoms with E-state index < -0.39 is 73.6 Å². The molecular weight excluding hydrogens is 507 g/mol. The Morgan fingerprint density at radius 2 is 1.36 bits per heavy atom. The number of amides is 2. The van der Waals surface area contributed by atoms with Gasteiger partial charge in [-0.25, -0.2) is 10.3 Å². The number of halogens is 9. The van der Waals surface area contributed by atoms with Crippen LogP contribution in [0.4, 0.5) is 44.3 Å². The van der Waals surface area contributed by atoms with E-state index in [0.717, 1.165) is 26.3 Å². The average Bonchev–Trinajstić information content (AvgIpc) is 2.56. The number of nitrogens with one attached hydrogen (secondary N) is 1. The van der Waals surface area contributed by atoms with Gasteiger partial charge in [-0.2, -0.15) is 52.2 Å². The minimum Gasteiger partial charge on any atom is -0.443 e. The van der Waals surface area contributed by atoms with Gasteiger partial charge in [0, 0.05) is 0 Å². The quantitative estimate of drug-likeness (QED) is 0.281. The summed E-state index contributed by atoms with van der Waals surface area (Å²) < 4.78 is 148. The molecule has 2 amide bonds. The second kappa shape index (κ2) is 9.34. The Kier molecular flexibility index (Phi) is 8.78. The number of rotatable bonds is 8. The van der Waals surface area contributed by atoms with Gasteiger partial charge in [-0.3, -0.25) is 10.0 Å². The fourth-order valence-corrected chi connectivity index (χ4v) is 3.63. The second-order valence-corrected chi connectivity index (χ2v) is 9.92. The maximum absolute atomic E-state index is 14.4. The second-order valence-electron chi connectivity index (χ2n) is 8.07. The van der Waals surface area contributed by atoms with Crippen LogP contribution in [0.5, 0.6) is 0 Å².